The average Bonchev–Trinajstić information content (AvgIpc) is 1.87. The smallest absolute Gasteiger partial charge is 0.150 e. The van der Waals surface area contributed by atoms with Crippen molar-refractivity contribution in [1.82, 2.24) is 0 Å². The number of aliphatic hydroxyl groups excluding tert-OH is 2. The summed E-state index contributed by atoms with van der Waals surface area (Å²) in [6.07, 6.45) is -1.01. The van der Waals surface area contributed by atoms with Crippen LogP contribution in [0.25, 0.3) is 0 Å². The second-order valence-corrected chi connectivity index (χ2v) is 5.10. The van der Waals surface area contributed by atoms with Gasteiger partial charge in [-0.25, -0.2) is 0 Å². The third kappa shape index (κ3) is 2.14. The van der Waals surface area contributed by atoms with E-state index in [0.29, 0.717) is 0 Å². The first kappa shape index (κ1) is 8.44. The molecule has 0 spiro atoms. The zero-order valence-electron chi connectivity index (χ0n) is 4.25. The van der Waals surface area contributed by atoms with E-state index < -0.39 is 19.8 Å². The molecular formula is C3H8ClO3P. The Morgan fingerprint density at radius 2 is 1.75 bits per heavy atom. The van der Waals surface area contributed by atoms with Gasteiger partial charge >= 0.3 is 0 Å². The van der Waals surface area contributed by atoms with Crippen LogP contribution in [0, 0.1) is 0 Å². The Morgan fingerprint density at radius 1 is 1.38 bits per heavy atom. The Balaban J connectivity index is 3.79. The molecule has 0 aromatic rings. The number of alkyl halides is 1. The Labute approximate surface area is 52.7 Å². The zero-order chi connectivity index (χ0) is 6.62. The largest absolute Gasteiger partial charge is 0.389 e. The summed E-state index contributed by atoms with van der Waals surface area (Å²) in [5, 5.41) is 16.6. The summed E-state index contributed by atoms with van der Waals surface area (Å²) < 4.78 is 10.7. The molecule has 0 aromatic carbocycles. The molecule has 0 unspecified atom stereocenters. The molecule has 0 saturated carbocycles. The molecule has 0 aromatic heterocycles. The Hall–Kier alpha value is 0.440. The molecule has 2 N–H and O–H groups in total. The summed E-state index contributed by atoms with van der Waals surface area (Å²) >= 11 is 5.13. The van der Waals surface area contributed by atoms with E-state index >= 15 is 0 Å². The summed E-state index contributed by atoms with van der Waals surface area (Å²) in [7, 11) is -2.79. The fourth-order valence-electron chi connectivity index (χ4n) is 0.120. The van der Waals surface area contributed by atoms with Gasteiger partial charge in [0.2, 0.25) is 0 Å². The lowest BCUT2D eigenvalue weighted by Crippen LogP contribution is -1.93. The normalized spacial score (nSPS) is 11.9. The topological polar surface area (TPSA) is 57.5 Å². The first-order chi connectivity index (χ1) is 3.68. The van der Waals surface area contributed by atoms with Crippen molar-refractivity contribution in [1.29, 1.82) is 0 Å². The van der Waals surface area contributed by atoms with Gasteiger partial charge in [-0.15, -0.1) is 11.6 Å². The lowest BCUT2D eigenvalue weighted by Gasteiger charge is -2.05. The van der Waals surface area contributed by atoms with Gasteiger partial charge in [0.25, 0.3) is 0 Å². The minimum Gasteiger partial charge on any atom is -0.389 e. The molecule has 5 heteroatoms. The number of rotatable bonds is 3. The summed E-state index contributed by atoms with van der Waals surface area (Å²) in [5.41, 5.74) is -0.153. The molecule has 0 rings (SSSR count). The molecule has 0 atom stereocenters. The van der Waals surface area contributed by atoms with Crippen LogP contribution >= 0.6 is 18.7 Å². The summed E-state index contributed by atoms with van der Waals surface area (Å²) in [6, 6.07) is 0. The maximum absolute atomic E-state index is 10.7. The molecule has 0 aliphatic carbocycles. The summed E-state index contributed by atoms with van der Waals surface area (Å²) in [4.78, 5) is 0. The van der Waals surface area contributed by atoms with E-state index in [1.165, 1.54) is 0 Å². The van der Waals surface area contributed by atoms with E-state index in [4.69, 9.17) is 21.8 Å². The van der Waals surface area contributed by atoms with Crippen molar-refractivity contribution in [2.24, 2.45) is 0 Å². The van der Waals surface area contributed by atoms with Crippen LogP contribution in [-0.2, 0) is 4.57 Å². The van der Waals surface area contributed by atoms with Crippen molar-refractivity contribution >= 4 is 18.7 Å². The van der Waals surface area contributed by atoms with Crippen molar-refractivity contribution in [2.45, 2.75) is 0 Å². The highest BCUT2D eigenvalue weighted by atomic mass is 35.5. The highest BCUT2D eigenvalue weighted by molar-refractivity contribution is 7.65. The molecule has 8 heavy (non-hydrogen) atoms. The molecule has 0 radical (unpaired) electrons. The number of hydrogen-bond donors (Lipinski definition) is 2. The second kappa shape index (κ2) is 3.46. The van der Waals surface area contributed by atoms with Crippen LogP contribution < -0.4 is 0 Å². The first-order valence-corrected chi connectivity index (χ1v) is 4.83. The predicted octanol–water partition coefficient (Wildman–Crippen LogP) is 0.445. The van der Waals surface area contributed by atoms with Crippen molar-refractivity contribution in [2.75, 3.05) is 18.3 Å². The molecule has 3 nitrogen and oxygen atoms in total. The number of aliphatic hydroxyl groups is 2. The summed E-state index contributed by atoms with van der Waals surface area (Å²) in [5.74, 6) is 0. The molecule has 50 valence electrons. The number of hydrogen-bond acceptors (Lipinski definition) is 3. The molecule has 0 aliphatic heterocycles. The molecular weight excluding hydrogens is 150 g/mol. The number of halogens is 1. The lowest BCUT2D eigenvalue weighted by atomic mass is 11.7. The van der Waals surface area contributed by atoms with E-state index in [2.05, 4.69) is 0 Å². The monoisotopic (exact) mass is 158 g/mol. The van der Waals surface area contributed by atoms with Gasteiger partial charge in [0, 0.05) is 0 Å². The van der Waals surface area contributed by atoms with Crippen molar-refractivity contribution < 1.29 is 14.8 Å². The van der Waals surface area contributed by atoms with Crippen LogP contribution in [0.3, 0.4) is 0 Å². The van der Waals surface area contributed by atoms with E-state index in [-0.39, 0.29) is 5.62 Å². The van der Waals surface area contributed by atoms with E-state index in [9.17, 15) is 4.57 Å². The molecule has 0 heterocycles. The van der Waals surface area contributed by atoms with Crippen molar-refractivity contribution in [3.05, 3.63) is 0 Å². The highest BCUT2D eigenvalue weighted by Gasteiger charge is 2.16. The van der Waals surface area contributed by atoms with Gasteiger partial charge < -0.3 is 14.8 Å². The quantitative estimate of drug-likeness (QED) is 0.463. The van der Waals surface area contributed by atoms with E-state index in [1.807, 2.05) is 0 Å². The van der Waals surface area contributed by atoms with Crippen LogP contribution in [0.5, 0.6) is 0 Å². The maximum atomic E-state index is 10.7. The van der Waals surface area contributed by atoms with Crippen LogP contribution in [0.1, 0.15) is 0 Å². The second-order valence-electron chi connectivity index (χ2n) is 1.46. The van der Waals surface area contributed by atoms with Crippen LogP contribution in [-0.4, -0.2) is 28.5 Å². The van der Waals surface area contributed by atoms with E-state index in [1.54, 1.807) is 0 Å². The van der Waals surface area contributed by atoms with Crippen molar-refractivity contribution in [3.8, 4) is 0 Å². The third-order valence-electron chi connectivity index (χ3n) is 0.733. The van der Waals surface area contributed by atoms with Crippen molar-refractivity contribution in [3.63, 3.8) is 0 Å². The maximum Gasteiger partial charge on any atom is 0.150 e. The zero-order valence-corrected chi connectivity index (χ0v) is 5.90. The minimum absolute atomic E-state index is 0.153. The molecule has 0 amide bonds. The Bertz CT molecular complexity index is 85.7. The van der Waals surface area contributed by atoms with Gasteiger partial charge in [0.05, 0.1) is 18.3 Å². The highest BCUT2D eigenvalue weighted by Crippen LogP contribution is 2.43. The predicted molar refractivity (Wildman–Crippen MR) is 32.5 cm³/mol. The minimum atomic E-state index is -2.79. The molecule has 0 aliphatic rings. The Morgan fingerprint density at radius 3 is 1.75 bits per heavy atom. The van der Waals surface area contributed by atoms with Gasteiger partial charge in [0.15, 0.2) is 0 Å². The molecule has 0 bridgehead atoms. The average molecular weight is 159 g/mol. The molecule has 0 fully saturated rings. The van der Waals surface area contributed by atoms with Gasteiger partial charge in [-0.05, 0) is 0 Å². The lowest BCUT2D eigenvalue weighted by molar-refractivity contribution is 0.326. The fraction of sp³-hybridized carbons (Fsp3) is 1.00. The summed E-state index contributed by atoms with van der Waals surface area (Å²) in [6.45, 7) is 0. The first-order valence-electron chi connectivity index (χ1n) is 2.03. The molecule has 0 saturated heterocycles. The third-order valence-corrected chi connectivity index (χ3v) is 3.51. The van der Waals surface area contributed by atoms with Gasteiger partial charge in [0.1, 0.15) is 7.14 Å². The van der Waals surface area contributed by atoms with Gasteiger partial charge in [-0.3, -0.25) is 0 Å². The Kier molecular flexibility index (Phi) is 3.65. The van der Waals surface area contributed by atoms with E-state index in [0.717, 1.165) is 0 Å². The van der Waals surface area contributed by atoms with Gasteiger partial charge in [-0.2, -0.15) is 0 Å². The van der Waals surface area contributed by atoms with Crippen LogP contribution in [0.4, 0.5) is 0 Å². The SMILES string of the molecule is O=P(CO)(CO)CCl. The standard InChI is InChI=1S/C3H8ClO3P/c4-1-8(7,2-5)3-6/h5-6H,1-3H2. The van der Waals surface area contributed by atoms with Gasteiger partial charge in [-0.1, -0.05) is 0 Å². The fourth-order valence-corrected chi connectivity index (χ4v) is 0.815. The van der Waals surface area contributed by atoms with Crippen LogP contribution in [0.2, 0.25) is 0 Å². The van der Waals surface area contributed by atoms with Crippen LogP contribution in [0.15, 0.2) is 0 Å².